The number of hydrogen-bond donors (Lipinski definition) is 1. The van der Waals surface area contributed by atoms with Gasteiger partial charge in [0.25, 0.3) is 0 Å². The van der Waals surface area contributed by atoms with E-state index in [2.05, 4.69) is 29.1 Å². The molecule has 16 heavy (non-hydrogen) atoms. The minimum absolute atomic E-state index is 0.0631. The molecule has 0 bridgehead atoms. The summed E-state index contributed by atoms with van der Waals surface area (Å²) in [5.74, 6) is 1.89. The SMILES string of the molecule is CC(C)C(NC1=NCCN1C)C(=O)C1CC1. The second kappa shape index (κ2) is 4.44. The maximum absolute atomic E-state index is 12.1. The predicted molar refractivity (Wildman–Crippen MR) is 64.4 cm³/mol. The quantitative estimate of drug-likeness (QED) is 0.769. The van der Waals surface area contributed by atoms with Crippen molar-refractivity contribution in [1.82, 2.24) is 10.2 Å². The van der Waals surface area contributed by atoms with Crippen molar-refractivity contribution < 1.29 is 4.79 Å². The normalized spacial score (nSPS) is 22.2. The highest BCUT2D eigenvalue weighted by Gasteiger charge is 2.37. The van der Waals surface area contributed by atoms with Gasteiger partial charge in [0.05, 0.1) is 12.6 Å². The van der Waals surface area contributed by atoms with Gasteiger partial charge < -0.3 is 10.2 Å². The van der Waals surface area contributed by atoms with Crippen molar-refractivity contribution in [2.24, 2.45) is 16.8 Å². The lowest BCUT2D eigenvalue weighted by Gasteiger charge is -2.25. The largest absolute Gasteiger partial charge is 0.346 e. The average molecular weight is 223 g/mol. The van der Waals surface area contributed by atoms with Crippen LogP contribution in [0, 0.1) is 11.8 Å². The first kappa shape index (κ1) is 11.4. The lowest BCUT2D eigenvalue weighted by atomic mass is 9.97. The van der Waals surface area contributed by atoms with E-state index in [0.717, 1.165) is 31.9 Å². The standard InChI is InChI=1S/C12H21N3O/c1-8(2)10(11(16)9-4-5-9)14-12-13-6-7-15(12)3/h8-10H,4-7H2,1-3H3,(H,13,14). The Balaban J connectivity index is 1.99. The highest BCUT2D eigenvalue weighted by molar-refractivity contribution is 5.93. The zero-order chi connectivity index (χ0) is 11.7. The number of likely N-dealkylation sites (N-methyl/N-ethyl adjacent to an activating group) is 1. The smallest absolute Gasteiger partial charge is 0.194 e. The Hall–Kier alpha value is -1.06. The van der Waals surface area contributed by atoms with E-state index in [1.807, 2.05) is 7.05 Å². The summed E-state index contributed by atoms with van der Waals surface area (Å²) in [5, 5.41) is 3.31. The monoisotopic (exact) mass is 223 g/mol. The first-order chi connectivity index (χ1) is 7.59. The molecule has 1 aliphatic carbocycles. The van der Waals surface area contributed by atoms with Crippen molar-refractivity contribution in [3.8, 4) is 0 Å². The number of carbonyl (C=O) groups is 1. The fourth-order valence-electron chi connectivity index (χ4n) is 2.02. The van der Waals surface area contributed by atoms with Crippen molar-refractivity contribution >= 4 is 11.7 Å². The summed E-state index contributed by atoms with van der Waals surface area (Å²) in [7, 11) is 2.01. The van der Waals surface area contributed by atoms with Crippen molar-refractivity contribution in [2.45, 2.75) is 32.7 Å². The number of ketones is 1. The molecule has 1 N–H and O–H groups in total. The Morgan fingerprint density at radius 2 is 2.19 bits per heavy atom. The number of aliphatic imine (C=N–C) groups is 1. The molecule has 0 radical (unpaired) electrons. The minimum Gasteiger partial charge on any atom is -0.346 e. The molecule has 2 aliphatic rings. The summed E-state index contributed by atoms with van der Waals surface area (Å²) in [6.45, 7) is 5.97. The number of nitrogens with zero attached hydrogens (tertiary/aromatic N) is 2. The van der Waals surface area contributed by atoms with E-state index in [0.29, 0.717) is 17.6 Å². The maximum atomic E-state index is 12.1. The van der Waals surface area contributed by atoms with E-state index in [-0.39, 0.29) is 6.04 Å². The fourth-order valence-corrected chi connectivity index (χ4v) is 2.02. The summed E-state index contributed by atoms with van der Waals surface area (Å²) in [5.41, 5.74) is 0. The van der Waals surface area contributed by atoms with Crippen LogP contribution in [0.4, 0.5) is 0 Å². The van der Waals surface area contributed by atoms with E-state index in [1.165, 1.54) is 0 Å². The zero-order valence-electron chi connectivity index (χ0n) is 10.4. The molecule has 0 saturated heterocycles. The summed E-state index contributed by atoms with van der Waals surface area (Å²) >= 11 is 0. The van der Waals surface area contributed by atoms with Crippen molar-refractivity contribution in [3.63, 3.8) is 0 Å². The number of Topliss-reactive ketones (excluding diaryl/α,β-unsaturated/α-hetero) is 1. The molecule has 0 aromatic carbocycles. The molecule has 0 aromatic rings. The molecule has 4 nitrogen and oxygen atoms in total. The van der Waals surface area contributed by atoms with Gasteiger partial charge in [0.15, 0.2) is 11.7 Å². The number of hydrogen-bond acceptors (Lipinski definition) is 4. The van der Waals surface area contributed by atoms with Crippen LogP contribution in [0.15, 0.2) is 4.99 Å². The van der Waals surface area contributed by atoms with Crippen LogP contribution in [-0.2, 0) is 4.79 Å². The maximum Gasteiger partial charge on any atom is 0.194 e. The van der Waals surface area contributed by atoms with E-state index in [4.69, 9.17) is 0 Å². The van der Waals surface area contributed by atoms with E-state index >= 15 is 0 Å². The molecule has 4 heteroatoms. The van der Waals surface area contributed by atoms with Crippen LogP contribution in [0.1, 0.15) is 26.7 Å². The lowest BCUT2D eigenvalue weighted by molar-refractivity contribution is -0.122. The van der Waals surface area contributed by atoms with Gasteiger partial charge in [0.1, 0.15) is 0 Å². The second-order valence-electron chi connectivity index (χ2n) is 5.17. The summed E-state index contributed by atoms with van der Waals surface area (Å²) in [6, 6.07) is -0.0631. The molecule has 1 unspecified atom stereocenters. The first-order valence-electron chi connectivity index (χ1n) is 6.15. The van der Waals surface area contributed by atoms with Gasteiger partial charge in [0, 0.05) is 19.5 Å². The first-order valence-corrected chi connectivity index (χ1v) is 6.15. The summed E-state index contributed by atoms with van der Waals surface area (Å²) < 4.78 is 0. The molecule has 1 heterocycles. The van der Waals surface area contributed by atoms with Gasteiger partial charge in [-0.25, -0.2) is 0 Å². The molecule has 1 aliphatic heterocycles. The van der Waals surface area contributed by atoms with Crippen LogP contribution in [0.25, 0.3) is 0 Å². The molecule has 0 amide bonds. The molecule has 0 aromatic heterocycles. The van der Waals surface area contributed by atoms with Crippen LogP contribution >= 0.6 is 0 Å². The third-order valence-electron chi connectivity index (χ3n) is 3.30. The Kier molecular flexibility index (Phi) is 3.17. The van der Waals surface area contributed by atoms with Crippen LogP contribution in [0.5, 0.6) is 0 Å². The Morgan fingerprint density at radius 1 is 1.50 bits per heavy atom. The molecule has 1 saturated carbocycles. The number of carbonyl (C=O) groups excluding carboxylic acids is 1. The van der Waals surface area contributed by atoms with Crippen molar-refractivity contribution in [1.29, 1.82) is 0 Å². The molecule has 2 rings (SSSR count). The molecular formula is C12H21N3O. The molecule has 1 fully saturated rings. The molecule has 1 atom stereocenters. The zero-order valence-corrected chi connectivity index (χ0v) is 10.4. The highest BCUT2D eigenvalue weighted by atomic mass is 16.1. The minimum atomic E-state index is -0.0631. The van der Waals surface area contributed by atoms with E-state index < -0.39 is 0 Å². The van der Waals surface area contributed by atoms with Crippen LogP contribution in [0.2, 0.25) is 0 Å². The third-order valence-corrected chi connectivity index (χ3v) is 3.30. The van der Waals surface area contributed by atoms with E-state index in [1.54, 1.807) is 0 Å². The molecular weight excluding hydrogens is 202 g/mol. The van der Waals surface area contributed by atoms with Crippen molar-refractivity contribution in [2.75, 3.05) is 20.1 Å². The predicted octanol–water partition coefficient (Wildman–Crippen LogP) is 0.881. The molecule has 0 spiro atoms. The number of rotatable bonds is 4. The van der Waals surface area contributed by atoms with Gasteiger partial charge in [-0.2, -0.15) is 0 Å². The summed E-state index contributed by atoms with van der Waals surface area (Å²) in [6.07, 6.45) is 2.15. The Morgan fingerprint density at radius 3 is 2.62 bits per heavy atom. The third kappa shape index (κ3) is 2.36. The molecule has 90 valence electrons. The van der Waals surface area contributed by atoms with Crippen LogP contribution in [-0.4, -0.2) is 42.8 Å². The van der Waals surface area contributed by atoms with Gasteiger partial charge >= 0.3 is 0 Å². The average Bonchev–Trinajstić information content (AvgIpc) is 2.99. The van der Waals surface area contributed by atoms with E-state index in [9.17, 15) is 4.79 Å². The Bertz CT molecular complexity index is 307. The fraction of sp³-hybridized carbons (Fsp3) is 0.833. The van der Waals surface area contributed by atoms with Gasteiger partial charge in [-0.3, -0.25) is 9.79 Å². The summed E-state index contributed by atoms with van der Waals surface area (Å²) in [4.78, 5) is 18.6. The van der Waals surface area contributed by atoms with Gasteiger partial charge in [-0.15, -0.1) is 0 Å². The lowest BCUT2D eigenvalue weighted by Crippen LogP contribution is -2.49. The topological polar surface area (TPSA) is 44.7 Å². The second-order valence-corrected chi connectivity index (χ2v) is 5.17. The van der Waals surface area contributed by atoms with Crippen LogP contribution in [0.3, 0.4) is 0 Å². The number of nitrogens with one attached hydrogen (secondary N) is 1. The van der Waals surface area contributed by atoms with Gasteiger partial charge in [-0.05, 0) is 18.8 Å². The Labute approximate surface area is 97.1 Å². The van der Waals surface area contributed by atoms with Gasteiger partial charge in [-0.1, -0.05) is 13.8 Å². The van der Waals surface area contributed by atoms with Crippen molar-refractivity contribution in [3.05, 3.63) is 0 Å². The van der Waals surface area contributed by atoms with Gasteiger partial charge in [0.2, 0.25) is 0 Å². The number of guanidine groups is 1. The van der Waals surface area contributed by atoms with Crippen LogP contribution < -0.4 is 5.32 Å². The highest BCUT2D eigenvalue weighted by Crippen LogP contribution is 2.32.